The fraction of sp³-hybridized carbons (Fsp3) is 0.429. The maximum Gasteiger partial charge on any atom is 0.138 e. The van der Waals surface area contributed by atoms with Gasteiger partial charge in [-0.05, 0) is 38.1 Å². The van der Waals surface area contributed by atoms with Crippen molar-refractivity contribution in [3.05, 3.63) is 47.8 Å². The van der Waals surface area contributed by atoms with Crippen LogP contribution in [-0.4, -0.2) is 21.3 Å². The van der Waals surface area contributed by atoms with Crippen molar-refractivity contribution in [1.82, 2.24) is 14.8 Å². The Morgan fingerprint density at radius 1 is 1.26 bits per heavy atom. The van der Waals surface area contributed by atoms with E-state index in [1.807, 2.05) is 4.68 Å². The number of hydrogen-bond acceptors (Lipinski definition) is 3. The van der Waals surface area contributed by atoms with Gasteiger partial charge in [-0.1, -0.05) is 12.1 Å². The first-order chi connectivity index (χ1) is 9.11. The molecule has 0 saturated carbocycles. The minimum absolute atomic E-state index is 0.127. The van der Waals surface area contributed by atoms with Crippen LogP contribution in [0.15, 0.2) is 30.6 Å². The van der Waals surface area contributed by atoms with Crippen molar-refractivity contribution in [2.45, 2.75) is 32.2 Å². The van der Waals surface area contributed by atoms with Crippen molar-refractivity contribution < 1.29 is 4.39 Å². The lowest BCUT2D eigenvalue weighted by atomic mass is 9.95. The molecule has 102 valence electrons. The molecule has 4 nitrogen and oxygen atoms in total. The second kappa shape index (κ2) is 5.93. The van der Waals surface area contributed by atoms with E-state index in [9.17, 15) is 4.39 Å². The number of nitrogens with two attached hydrogens (primary N) is 1. The predicted molar refractivity (Wildman–Crippen MR) is 72.3 cm³/mol. The summed E-state index contributed by atoms with van der Waals surface area (Å²) in [5.41, 5.74) is 6.86. The SMILES string of the molecule is CC(C)n1ncnc1CC(CN)c1ccc(F)cc1. The van der Waals surface area contributed by atoms with E-state index in [1.54, 1.807) is 18.5 Å². The van der Waals surface area contributed by atoms with Gasteiger partial charge in [0.1, 0.15) is 18.0 Å². The molecule has 1 heterocycles. The van der Waals surface area contributed by atoms with Crippen LogP contribution in [0.1, 0.15) is 37.2 Å². The van der Waals surface area contributed by atoms with Gasteiger partial charge in [0.15, 0.2) is 0 Å². The minimum Gasteiger partial charge on any atom is -0.330 e. The maximum atomic E-state index is 12.9. The van der Waals surface area contributed by atoms with Crippen LogP contribution in [0.3, 0.4) is 0 Å². The highest BCUT2D eigenvalue weighted by molar-refractivity contribution is 5.22. The zero-order valence-electron chi connectivity index (χ0n) is 11.3. The molecule has 5 heteroatoms. The number of nitrogens with zero attached hydrogens (tertiary/aromatic N) is 3. The van der Waals surface area contributed by atoms with Crippen LogP contribution in [-0.2, 0) is 6.42 Å². The quantitative estimate of drug-likeness (QED) is 0.899. The molecule has 1 aromatic carbocycles. The topological polar surface area (TPSA) is 56.7 Å². The Balaban J connectivity index is 2.19. The van der Waals surface area contributed by atoms with Crippen molar-refractivity contribution in [2.75, 3.05) is 6.54 Å². The largest absolute Gasteiger partial charge is 0.330 e. The third kappa shape index (κ3) is 3.17. The fourth-order valence-corrected chi connectivity index (χ4v) is 2.14. The highest BCUT2D eigenvalue weighted by Crippen LogP contribution is 2.20. The van der Waals surface area contributed by atoms with E-state index >= 15 is 0 Å². The van der Waals surface area contributed by atoms with Crippen molar-refractivity contribution in [3.63, 3.8) is 0 Å². The summed E-state index contributed by atoms with van der Waals surface area (Å²) in [5.74, 6) is 0.807. The molecular formula is C14H19FN4. The molecule has 2 rings (SSSR count). The first-order valence-corrected chi connectivity index (χ1v) is 6.45. The minimum atomic E-state index is -0.232. The predicted octanol–water partition coefficient (Wildman–Crippen LogP) is 2.28. The molecule has 0 aliphatic rings. The summed E-state index contributed by atoms with van der Waals surface area (Å²) >= 11 is 0. The Kier molecular flexibility index (Phi) is 4.27. The van der Waals surface area contributed by atoms with Gasteiger partial charge >= 0.3 is 0 Å². The van der Waals surface area contributed by atoms with E-state index in [1.165, 1.54) is 12.1 Å². The molecule has 0 amide bonds. The molecule has 1 atom stereocenters. The van der Waals surface area contributed by atoms with Crippen molar-refractivity contribution >= 4 is 0 Å². The second-order valence-electron chi connectivity index (χ2n) is 4.90. The van der Waals surface area contributed by atoms with Crippen LogP contribution >= 0.6 is 0 Å². The van der Waals surface area contributed by atoms with Crippen LogP contribution < -0.4 is 5.73 Å². The number of halogens is 1. The second-order valence-corrected chi connectivity index (χ2v) is 4.90. The van der Waals surface area contributed by atoms with Gasteiger partial charge in [0, 0.05) is 18.4 Å². The summed E-state index contributed by atoms with van der Waals surface area (Å²) in [4.78, 5) is 4.29. The number of hydrogen-bond donors (Lipinski definition) is 1. The molecule has 0 fully saturated rings. The van der Waals surface area contributed by atoms with Gasteiger partial charge in [-0.3, -0.25) is 0 Å². The molecule has 0 saturated heterocycles. The van der Waals surface area contributed by atoms with E-state index in [0.717, 1.165) is 11.4 Å². The Bertz CT molecular complexity index is 518. The van der Waals surface area contributed by atoms with Crippen LogP contribution in [0.25, 0.3) is 0 Å². The van der Waals surface area contributed by atoms with E-state index in [2.05, 4.69) is 23.9 Å². The van der Waals surface area contributed by atoms with Crippen LogP contribution in [0.2, 0.25) is 0 Å². The molecule has 0 aliphatic heterocycles. The summed E-state index contributed by atoms with van der Waals surface area (Å²) in [6, 6.07) is 6.76. The zero-order chi connectivity index (χ0) is 13.8. The molecule has 19 heavy (non-hydrogen) atoms. The summed E-state index contributed by atoms with van der Waals surface area (Å²) < 4.78 is 14.8. The van der Waals surface area contributed by atoms with Gasteiger partial charge < -0.3 is 5.73 Å². The van der Waals surface area contributed by atoms with Gasteiger partial charge in [0.2, 0.25) is 0 Å². The summed E-state index contributed by atoms with van der Waals surface area (Å²) in [5, 5.41) is 4.22. The Hall–Kier alpha value is -1.75. The van der Waals surface area contributed by atoms with E-state index in [4.69, 9.17) is 5.73 Å². The molecule has 2 N–H and O–H groups in total. The smallest absolute Gasteiger partial charge is 0.138 e. The molecule has 0 bridgehead atoms. The Labute approximate surface area is 112 Å². The lowest BCUT2D eigenvalue weighted by Crippen LogP contribution is -2.18. The van der Waals surface area contributed by atoms with E-state index in [0.29, 0.717) is 13.0 Å². The van der Waals surface area contributed by atoms with Crippen LogP contribution in [0.5, 0.6) is 0 Å². The first kappa shape index (κ1) is 13.7. The Morgan fingerprint density at radius 3 is 2.53 bits per heavy atom. The van der Waals surface area contributed by atoms with E-state index < -0.39 is 0 Å². The van der Waals surface area contributed by atoms with Crippen molar-refractivity contribution in [1.29, 1.82) is 0 Å². The molecule has 1 aromatic heterocycles. The molecule has 0 spiro atoms. The monoisotopic (exact) mass is 262 g/mol. The highest BCUT2D eigenvalue weighted by atomic mass is 19.1. The Morgan fingerprint density at radius 2 is 1.95 bits per heavy atom. The van der Waals surface area contributed by atoms with Gasteiger partial charge in [-0.15, -0.1) is 0 Å². The lowest BCUT2D eigenvalue weighted by molar-refractivity contribution is 0.492. The molecule has 0 radical (unpaired) electrons. The van der Waals surface area contributed by atoms with Gasteiger partial charge in [-0.2, -0.15) is 5.10 Å². The van der Waals surface area contributed by atoms with Gasteiger partial charge in [0.05, 0.1) is 0 Å². The number of rotatable bonds is 5. The van der Waals surface area contributed by atoms with Crippen molar-refractivity contribution in [3.8, 4) is 0 Å². The van der Waals surface area contributed by atoms with Crippen LogP contribution in [0, 0.1) is 5.82 Å². The normalized spacial score (nSPS) is 12.9. The molecule has 1 unspecified atom stereocenters. The summed E-state index contributed by atoms with van der Waals surface area (Å²) in [6.45, 7) is 4.62. The number of benzene rings is 1. The molecule has 0 aliphatic carbocycles. The van der Waals surface area contributed by atoms with Crippen molar-refractivity contribution in [2.24, 2.45) is 5.73 Å². The molecule has 2 aromatic rings. The fourth-order valence-electron chi connectivity index (χ4n) is 2.14. The average molecular weight is 262 g/mol. The standard InChI is InChI=1S/C14H19FN4/c1-10(2)19-14(17-9-18-19)7-12(8-16)11-3-5-13(15)6-4-11/h3-6,9-10,12H,7-8,16H2,1-2H3. The average Bonchev–Trinajstić information content (AvgIpc) is 2.85. The maximum absolute atomic E-state index is 12.9. The highest BCUT2D eigenvalue weighted by Gasteiger charge is 2.16. The third-order valence-electron chi connectivity index (χ3n) is 3.19. The lowest BCUT2D eigenvalue weighted by Gasteiger charge is -2.16. The summed E-state index contributed by atoms with van der Waals surface area (Å²) in [7, 11) is 0. The van der Waals surface area contributed by atoms with Gasteiger partial charge in [-0.25, -0.2) is 14.1 Å². The third-order valence-corrected chi connectivity index (χ3v) is 3.19. The number of aromatic nitrogens is 3. The summed E-state index contributed by atoms with van der Waals surface area (Å²) in [6.07, 6.45) is 2.27. The van der Waals surface area contributed by atoms with E-state index in [-0.39, 0.29) is 17.8 Å². The first-order valence-electron chi connectivity index (χ1n) is 6.45. The van der Waals surface area contributed by atoms with Crippen LogP contribution in [0.4, 0.5) is 4.39 Å². The zero-order valence-corrected chi connectivity index (χ0v) is 11.3. The van der Waals surface area contributed by atoms with Gasteiger partial charge in [0.25, 0.3) is 0 Å². The molecular weight excluding hydrogens is 243 g/mol.